The number of aryl methyl sites for hydroxylation is 1. The zero-order chi connectivity index (χ0) is 18.6. The topological polar surface area (TPSA) is 85.5 Å². The molecule has 132 valence electrons. The predicted molar refractivity (Wildman–Crippen MR) is 92.1 cm³/mol. The Kier molecular flexibility index (Phi) is 5.75. The van der Waals surface area contributed by atoms with Gasteiger partial charge in [-0.15, -0.1) is 0 Å². The van der Waals surface area contributed by atoms with E-state index in [9.17, 15) is 14.4 Å². The van der Waals surface area contributed by atoms with E-state index >= 15 is 0 Å². The fraction of sp³-hybridized carbons (Fsp3) is 0.316. The molecule has 1 aromatic heterocycles. The molecule has 1 aromatic carbocycles. The van der Waals surface area contributed by atoms with Crippen molar-refractivity contribution in [2.45, 2.75) is 33.8 Å². The molecule has 2 rings (SSSR count). The summed E-state index contributed by atoms with van der Waals surface area (Å²) in [7, 11) is 0. The minimum atomic E-state index is -0.838. The first-order valence-electron chi connectivity index (χ1n) is 7.93. The standard InChI is InChI=1S/C19H21NO5/c1-11-17(13(3)21)12(2)20-18(11)16(22)10-24-19(23)14(4)25-15-8-6-5-7-9-15/h5-9,14,20H,10H2,1-4H3/t14-/m0/s1. The molecule has 0 spiro atoms. The van der Waals surface area contributed by atoms with Crippen LogP contribution in [-0.4, -0.2) is 35.2 Å². The number of carbonyl (C=O) groups excluding carboxylic acids is 3. The SMILES string of the molecule is CC(=O)c1c(C)[nH]c(C(=O)COC(=O)[C@H](C)Oc2ccccc2)c1C. The molecule has 0 aliphatic carbocycles. The number of hydrogen-bond acceptors (Lipinski definition) is 5. The highest BCUT2D eigenvalue weighted by atomic mass is 16.6. The molecule has 0 aliphatic rings. The summed E-state index contributed by atoms with van der Waals surface area (Å²) in [6.07, 6.45) is -0.838. The molecule has 2 aromatic rings. The average Bonchev–Trinajstić information content (AvgIpc) is 2.87. The first-order valence-corrected chi connectivity index (χ1v) is 7.93. The molecule has 0 saturated heterocycles. The van der Waals surface area contributed by atoms with Crippen LogP contribution < -0.4 is 4.74 Å². The number of hydrogen-bond donors (Lipinski definition) is 1. The fourth-order valence-corrected chi connectivity index (χ4v) is 2.63. The largest absolute Gasteiger partial charge is 0.479 e. The van der Waals surface area contributed by atoms with Gasteiger partial charge in [-0.2, -0.15) is 0 Å². The van der Waals surface area contributed by atoms with Gasteiger partial charge in [0.1, 0.15) is 5.75 Å². The summed E-state index contributed by atoms with van der Waals surface area (Å²) in [6.45, 7) is 6.00. The molecule has 0 saturated carbocycles. The van der Waals surface area contributed by atoms with Gasteiger partial charge in [0, 0.05) is 11.3 Å². The molecule has 0 amide bonds. The number of benzene rings is 1. The summed E-state index contributed by atoms with van der Waals surface area (Å²) in [5.74, 6) is -0.606. The molecule has 0 fully saturated rings. The highest BCUT2D eigenvalue weighted by molar-refractivity contribution is 6.04. The normalized spacial score (nSPS) is 11.7. The lowest BCUT2D eigenvalue weighted by atomic mass is 10.1. The number of Topliss-reactive ketones (excluding diaryl/α,β-unsaturated/α-hetero) is 2. The van der Waals surface area contributed by atoms with Gasteiger partial charge >= 0.3 is 5.97 Å². The second kappa shape index (κ2) is 7.79. The molecule has 6 nitrogen and oxygen atoms in total. The average molecular weight is 343 g/mol. The zero-order valence-corrected chi connectivity index (χ0v) is 14.7. The Morgan fingerprint density at radius 2 is 1.76 bits per heavy atom. The summed E-state index contributed by atoms with van der Waals surface area (Å²) in [4.78, 5) is 38.8. The maximum atomic E-state index is 12.3. The Balaban J connectivity index is 1.96. The lowest BCUT2D eigenvalue weighted by Gasteiger charge is -2.13. The van der Waals surface area contributed by atoms with Crippen molar-refractivity contribution >= 4 is 17.5 Å². The molecule has 6 heteroatoms. The first kappa shape index (κ1) is 18.4. The number of carbonyl (C=O) groups is 3. The molecular weight excluding hydrogens is 322 g/mol. The van der Waals surface area contributed by atoms with Crippen LogP contribution in [0.5, 0.6) is 5.75 Å². The number of ketones is 2. The smallest absolute Gasteiger partial charge is 0.347 e. The molecule has 1 atom stereocenters. The molecule has 0 unspecified atom stereocenters. The van der Waals surface area contributed by atoms with Crippen molar-refractivity contribution in [3.05, 3.63) is 52.8 Å². The van der Waals surface area contributed by atoms with Gasteiger partial charge in [-0.05, 0) is 45.4 Å². The van der Waals surface area contributed by atoms with E-state index in [-0.39, 0.29) is 11.5 Å². The van der Waals surface area contributed by atoms with Crippen LogP contribution in [0.4, 0.5) is 0 Å². The maximum Gasteiger partial charge on any atom is 0.347 e. The monoisotopic (exact) mass is 343 g/mol. The van der Waals surface area contributed by atoms with Crippen molar-refractivity contribution < 1.29 is 23.9 Å². The number of esters is 1. The van der Waals surface area contributed by atoms with Crippen molar-refractivity contribution in [1.82, 2.24) is 4.98 Å². The Morgan fingerprint density at radius 1 is 1.12 bits per heavy atom. The second-order valence-corrected chi connectivity index (χ2v) is 5.79. The third-order valence-corrected chi connectivity index (χ3v) is 3.80. The Labute approximate surface area is 146 Å². The van der Waals surface area contributed by atoms with E-state index in [1.165, 1.54) is 6.92 Å². The number of rotatable bonds is 7. The predicted octanol–water partition coefficient (Wildman–Crippen LogP) is 3.03. The highest BCUT2D eigenvalue weighted by Gasteiger charge is 2.22. The van der Waals surface area contributed by atoms with E-state index in [4.69, 9.17) is 9.47 Å². The molecule has 0 bridgehead atoms. The molecule has 0 aliphatic heterocycles. The van der Waals surface area contributed by atoms with E-state index in [0.29, 0.717) is 22.6 Å². The van der Waals surface area contributed by atoms with Crippen LogP contribution in [0.15, 0.2) is 30.3 Å². The lowest BCUT2D eigenvalue weighted by molar-refractivity contribution is -0.149. The van der Waals surface area contributed by atoms with Crippen molar-refractivity contribution in [1.29, 1.82) is 0 Å². The van der Waals surface area contributed by atoms with Crippen LogP contribution in [0, 0.1) is 13.8 Å². The third-order valence-electron chi connectivity index (χ3n) is 3.80. The first-order chi connectivity index (χ1) is 11.8. The summed E-state index contributed by atoms with van der Waals surface area (Å²) in [5, 5.41) is 0. The highest BCUT2D eigenvalue weighted by Crippen LogP contribution is 2.19. The number of aromatic amines is 1. The van der Waals surface area contributed by atoms with Crippen LogP contribution in [0.2, 0.25) is 0 Å². The van der Waals surface area contributed by atoms with Crippen LogP contribution in [0.1, 0.15) is 46.0 Å². The second-order valence-electron chi connectivity index (χ2n) is 5.79. The van der Waals surface area contributed by atoms with Crippen molar-refractivity contribution in [3.63, 3.8) is 0 Å². The zero-order valence-electron chi connectivity index (χ0n) is 14.7. The van der Waals surface area contributed by atoms with E-state index in [1.54, 1.807) is 45.0 Å². The molecule has 1 N–H and O–H groups in total. The summed E-state index contributed by atoms with van der Waals surface area (Å²) < 4.78 is 10.5. The van der Waals surface area contributed by atoms with Crippen molar-refractivity contribution in [3.8, 4) is 5.75 Å². The summed E-state index contributed by atoms with van der Waals surface area (Å²) in [6, 6.07) is 8.87. The van der Waals surface area contributed by atoms with Crippen molar-refractivity contribution in [2.75, 3.05) is 6.61 Å². The third kappa shape index (κ3) is 4.35. The van der Waals surface area contributed by atoms with Gasteiger partial charge in [-0.1, -0.05) is 18.2 Å². The molecule has 1 heterocycles. The molecule has 25 heavy (non-hydrogen) atoms. The van der Waals surface area contributed by atoms with Gasteiger partial charge in [0.05, 0.1) is 5.69 Å². The molecule has 0 radical (unpaired) electrons. The van der Waals surface area contributed by atoms with Gasteiger partial charge in [0.2, 0.25) is 5.78 Å². The lowest BCUT2D eigenvalue weighted by Crippen LogP contribution is -2.28. The van der Waals surface area contributed by atoms with Crippen molar-refractivity contribution in [2.24, 2.45) is 0 Å². The van der Waals surface area contributed by atoms with Crippen LogP contribution in [0.25, 0.3) is 0 Å². The Hall–Kier alpha value is -2.89. The number of aromatic nitrogens is 1. The van der Waals surface area contributed by atoms with E-state index in [2.05, 4.69) is 4.98 Å². The van der Waals surface area contributed by atoms with Gasteiger partial charge in [-0.25, -0.2) is 4.79 Å². The minimum Gasteiger partial charge on any atom is -0.479 e. The van der Waals surface area contributed by atoms with Gasteiger partial charge in [-0.3, -0.25) is 9.59 Å². The Bertz CT molecular complexity index is 792. The van der Waals surface area contributed by atoms with Gasteiger partial charge in [0.15, 0.2) is 18.5 Å². The maximum absolute atomic E-state index is 12.3. The number of para-hydroxylation sites is 1. The summed E-state index contributed by atoms with van der Waals surface area (Å²) in [5.41, 5.74) is 1.97. The molecular formula is C19H21NO5. The number of ether oxygens (including phenoxy) is 2. The fourth-order valence-electron chi connectivity index (χ4n) is 2.63. The van der Waals surface area contributed by atoms with E-state index in [1.807, 2.05) is 6.07 Å². The number of nitrogens with one attached hydrogen (secondary N) is 1. The van der Waals surface area contributed by atoms with E-state index < -0.39 is 24.5 Å². The Morgan fingerprint density at radius 3 is 2.32 bits per heavy atom. The van der Waals surface area contributed by atoms with Crippen LogP contribution in [0.3, 0.4) is 0 Å². The van der Waals surface area contributed by atoms with E-state index in [0.717, 1.165) is 0 Å². The number of H-pyrrole nitrogens is 1. The minimum absolute atomic E-state index is 0.118. The van der Waals surface area contributed by atoms with Gasteiger partial charge < -0.3 is 14.5 Å². The van der Waals surface area contributed by atoms with Gasteiger partial charge in [0.25, 0.3) is 0 Å². The van der Waals surface area contributed by atoms with Crippen LogP contribution in [-0.2, 0) is 9.53 Å². The summed E-state index contributed by atoms with van der Waals surface area (Å²) >= 11 is 0. The van der Waals surface area contributed by atoms with Crippen LogP contribution >= 0.6 is 0 Å². The quantitative estimate of drug-likeness (QED) is 0.617.